The first-order valence-corrected chi connectivity index (χ1v) is 6.96. The maximum Gasteiger partial charge on any atom is 0.165 e. The molecule has 0 spiro atoms. The van der Waals surface area contributed by atoms with Crippen LogP contribution in [-0.4, -0.2) is 20.8 Å². The van der Waals surface area contributed by atoms with Crippen LogP contribution in [0.15, 0.2) is 53.4 Å². The molecule has 21 heavy (non-hydrogen) atoms. The van der Waals surface area contributed by atoms with Crippen molar-refractivity contribution in [1.29, 1.82) is 0 Å². The van der Waals surface area contributed by atoms with E-state index >= 15 is 0 Å². The number of aromatic nitrogens is 3. The zero-order valence-electron chi connectivity index (χ0n) is 12.2. The van der Waals surface area contributed by atoms with Crippen LogP contribution in [-0.2, 0) is 13.5 Å². The molecule has 0 saturated carbocycles. The number of rotatable bonds is 5. The Morgan fingerprint density at radius 2 is 2.10 bits per heavy atom. The van der Waals surface area contributed by atoms with Gasteiger partial charge in [0, 0.05) is 30.8 Å². The molecule has 108 valence electrons. The van der Waals surface area contributed by atoms with Gasteiger partial charge in [0.1, 0.15) is 12.1 Å². The topological polar surface area (TPSA) is 55.9 Å². The lowest BCUT2D eigenvalue weighted by atomic mass is 10.1. The predicted molar refractivity (Wildman–Crippen MR) is 81.9 cm³/mol. The summed E-state index contributed by atoms with van der Waals surface area (Å²) in [5.74, 6) is 1.83. The molecule has 0 fully saturated rings. The minimum Gasteiger partial charge on any atom is -0.469 e. The van der Waals surface area contributed by atoms with Gasteiger partial charge in [0.2, 0.25) is 0 Å². The maximum absolute atomic E-state index is 5.40. The quantitative estimate of drug-likeness (QED) is 0.781. The molecule has 0 saturated heterocycles. The van der Waals surface area contributed by atoms with E-state index in [0.717, 1.165) is 29.3 Å². The van der Waals surface area contributed by atoms with Gasteiger partial charge in [-0.3, -0.25) is 0 Å². The van der Waals surface area contributed by atoms with Crippen LogP contribution in [0, 0.1) is 0 Å². The monoisotopic (exact) mass is 282 g/mol. The minimum absolute atomic E-state index is 0.255. The summed E-state index contributed by atoms with van der Waals surface area (Å²) in [6, 6.07) is 12.3. The second kappa shape index (κ2) is 5.83. The predicted octanol–water partition coefficient (Wildman–Crippen LogP) is 3.12. The van der Waals surface area contributed by atoms with Crippen LogP contribution in [0.5, 0.6) is 0 Å². The number of anilines is 1. The second-order valence-electron chi connectivity index (χ2n) is 5.14. The van der Waals surface area contributed by atoms with Crippen molar-refractivity contribution in [2.75, 3.05) is 5.32 Å². The summed E-state index contributed by atoms with van der Waals surface area (Å²) in [7, 11) is 1.94. The molecule has 5 nitrogen and oxygen atoms in total. The van der Waals surface area contributed by atoms with Crippen molar-refractivity contribution in [1.82, 2.24) is 14.8 Å². The smallest absolute Gasteiger partial charge is 0.165 e. The second-order valence-corrected chi connectivity index (χ2v) is 5.14. The van der Waals surface area contributed by atoms with Crippen molar-refractivity contribution in [3.8, 4) is 11.4 Å². The van der Waals surface area contributed by atoms with E-state index in [1.54, 1.807) is 12.6 Å². The lowest BCUT2D eigenvalue weighted by molar-refractivity contribution is 0.498. The Morgan fingerprint density at radius 1 is 1.24 bits per heavy atom. The summed E-state index contributed by atoms with van der Waals surface area (Å²) >= 11 is 0. The highest BCUT2D eigenvalue weighted by Crippen LogP contribution is 2.26. The number of para-hydroxylation sites is 1. The number of nitrogens with zero attached hydrogens (tertiary/aromatic N) is 3. The third-order valence-corrected chi connectivity index (χ3v) is 3.37. The summed E-state index contributed by atoms with van der Waals surface area (Å²) in [5, 5.41) is 11.7. The molecule has 1 atom stereocenters. The Hall–Kier alpha value is -2.56. The minimum atomic E-state index is 0.255. The highest BCUT2D eigenvalue weighted by molar-refractivity contribution is 5.73. The van der Waals surface area contributed by atoms with Gasteiger partial charge < -0.3 is 14.3 Å². The van der Waals surface area contributed by atoms with E-state index in [-0.39, 0.29) is 6.04 Å². The Kier molecular flexibility index (Phi) is 3.73. The van der Waals surface area contributed by atoms with Gasteiger partial charge in [-0.15, -0.1) is 10.2 Å². The third-order valence-electron chi connectivity index (χ3n) is 3.37. The third kappa shape index (κ3) is 2.97. The molecule has 0 radical (unpaired) electrons. The average Bonchev–Trinajstić information content (AvgIpc) is 3.11. The molecule has 2 aromatic heterocycles. The standard InChI is InChI=1S/C16H18N4O/c1-12(10-13-6-5-9-21-13)18-15-8-4-3-7-14(15)16-19-17-11-20(16)2/h3-9,11-12,18H,10H2,1-2H3. The van der Waals surface area contributed by atoms with Gasteiger partial charge in [-0.25, -0.2) is 0 Å². The number of nitrogens with one attached hydrogen (secondary N) is 1. The Labute approximate surface area is 123 Å². The van der Waals surface area contributed by atoms with Gasteiger partial charge >= 0.3 is 0 Å². The fraction of sp³-hybridized carbons (Fsp3) is 0.250. The first-order valence-electron chi connectivity index (χ1n) is 6.96. The average molecular weight is 282 g/mol. The van der Waals surface area contributed by atoms with Crippen LogP contribution in [0.4, 0.5) is 5.69 Å². The van der Waals surface area contributed by atoms with Crippen molar-refractivity contribution < 1.29 is 4.42 Å². The van der Waals surface area contributed by atoms with Crippen molar-refractivity contribution in [3.63, 3.8) is 0 Å². The van der Waals surface area contributed by atoms with Crippen molar-refractivity contribution in [2.45, 2.75) is 19.4 Å². The maximum atomic E-state index is 5.40. The van der Waals surface area contributed by atoms with E-state index in [1.165, 1.54) is 0 Å². The molecular formula is C16H18N4O. The van der Waals surface area contributed by atoms with Crippen LogP contribution in [0.1, 0.15) is 12.7 Å². The highest BCUT2D eigenvalue weighted by atomic mass is 16.3. The van der Waals surface area contributed by atoms with Gasteiger partial charge in [-0.2, -0.15) is 0 Å². The SMILES string of the molecule is CC(Cc1ccco1)Nc1ccccc1-c1nncn1C. The number of benzene rings is 1. The van der Waals surface area contributed by atoms with Crippen LogP contribution in [0.2, 0.25) is 0 Å². The molecule has 1 unspecified atom stereocenters. The Balaban J connectivity index is 1.81. The normalized spacial score (nSPS) is 12.3. The first kappa shape index (κ1) is 13.4. The molecule has 5 heteroatoms. The van der Waals surface area contributed by atoms with E-state index in [4.69, 9.17) is 4.42 Å². The van der Waals surface area contributed by atoms with E-state index in [2.05, 4.69) is 28.5 Å². The molecule has 2 heterocycles. The van der Waals surface area contributed by atoms with Gasteiger partial charge in [0.15, 0.2) is 5.82 Å². The molecule has 0 amide bonds. The van der Waals surface area contributed by atoms with Gasteiger partial charge in [0.25, 0.3) is 0 Å². The molecule has 0 aliphatic rings. The molecule has 3 rings (SSSR count). The Morgan fingerprint density at radius 3 is 2.81 bits per heavy atom. The number of furan rings is 1. The summed E-state index contributed by atoms with van der Waals surface area (Å²) < 4.78 is 7.31. The molecule has 0 bridgehead atoms. The van der Waals surface area contributed by atoms with Gasteiger partial charge in [-0.05, 0) is 31.2 Å². The first-order chi connectivity index (χ1) is 10.2. The van der Waals surface area contributed by atoms with E-state index in [1.807, 2.05) is 41.9 Å². The van der Waals surface area contributed by atoms with Crippen LogP contribution in [0.3, 0.4) is 0 Å². The highest BCUT2D eigenvalue weighted by Gasteiger charge is 2.12. The molecule has 0 aliphatic heterocycles. The molecular weight excluding hydrogens is 264 g/mol. The summed E-state index contributed by atoms with van der Waals surface area (Å²) in [6.07, 6.45) is 4.24. The van der Waals surface area contributed by atoms with Crippen LogP contribution in [0.25, 0.3) is 11.4 Å². The summed E-state index contributed by atoms with van der Waals surface area (Å²) in [4.78, 5) is 0. The van der Waals surface area contributed by atoms with Crippen molar-refractivity contribution >= 4 is 5.69 Å². The zero-order valence-corrected chi connectivity index (χ0v) is 12.2. The fourth-order valence-corrected chi connectivity index (χ4v) is 2.38. The number of hydrogen-bond acceptors (Lipinski definition) is 4. The van der Waals surface area contributed by atoms with Crippen LogP contribution < -0.4 is 5.32 Å². The lowest BCUT2D eigenvalue weighted by Crippen LogP contribution is -2.18. The fourth-order valence-electron chi connectivity index (χ4n) is 2.38. The Bertz CT molecular complexity index is 703. The molecule has 1 aromatic carbocycles. The molecule has 0 aliphatic carbocycles. The van der Waals surface area contributed by atoms with Gasteiger partial charge in [-0.1, -0.05) is 12.1 Å². The largest absolute Gasteiger partial charge is 0.469 e. The van der Waals surface area contributed by atoms with E-state index in [9.17, 15) is 0 Å². The summed E-state index contributed by atoms with van der Waals surface area (Å²) in [6.45, 7) is 2.13. The number of hydrogen-bond donors (Lipinski definition) is 1. The van der Waals surface area contributed by atoms with Crippen molar-refractivity contribution in [2.24, 2.45) is 7.05 Å². The number of aryl methyl sites for hydroxylation is 1. The molecule has 1 N–H and O–H groups in total. The van der Waals surface area contributed by atoms with E-state index in [0.29, 0.717) is 0 Å². The lowest BCUT2D eigenvalue weighted by Gasteiger charge is -2.17. The zero-order chi connectivity index (χ0) is 14.7. The van der Waals surface area contributed by atoms with Gasteiger partial charge in [0.05, 0.1) is 6.26 Å². The summed E-state index contributed by atoms with van der Waals surface area (Å²) in [5.41, 5.74) is 2.09. The van der Waals surface area contributed by atoms with Crippen LogP contribution >= 0.6 is 0 Å². The van der Waals surface area contributed by atoms with E-state index < -0.39 is 0 Å². The molecule has 3 aromatic rings. The van der Waals surface area contributed by atoms with Crippen molar-refractivity contribution in [3.05, 3.63) is 54.7 Å².